The highest BCUT2D eigenvalue weighted by molar-refractivity contribution is 7.99. The van der Waals surface area contributed by atoms with Gasteiger partial charge in [-0.05, 0) is 24.5 Å². The van der Waals surface area contributed by atoms with Crippen molar-refractivity contribution in [1.29, 1.82) is 0 Å². The standard InChI is InChI=1S/C23H27N7O2S/c1-15(14-33-21-24-11-10-16(2)25-21)12-30-18-19(29(4)23(32)27-20(18)31)26-22(30)28(3)13-17-8-6-5-7-9-17/h5-11,15H,12-14H2,1-4H3,(H,27,31,32)/t15-/m1/s1. The minimum atomic E-state index is -0.477. The lowest BCUT2D eigenvalue weighted by Gasteiger charge is -2.21. The molecular formula is C23H27N7O2S. The first-order valence-corrected chi connectivity index (χ1v) is 11.7. The second-order valence-electron chi connectivity index (χ2n) is 8.25. The smallest absolute Gasteiger partial charge is 0.329 e. The number of thioether (sulfide) groups is 1. The van der Waals surface area contributed by atoms with Crippen molar-refractivity contribution < 1.29 is 0 Å². The van der Waals surface area contributed by atoms with Crippen molar-refractivity contribution in [3.05, 3.63) is 74.7 Å². The molecule has 1 aromatic carbocycles. The van der Waals surface area contributed by atoms with Crippen LogP contribution in [0.4, 0.5) is 5.95 Å². The molecule has 0 aliphatic carbocycles. The Morgan fingerprint density at radius 3 is 2.64 bits per heavy atom. The van der Waals surface area contributed by atoms with E-state index in [0.29, 0.717) is 30.2 Å². The first-order valence-electron chi connectivity index (χ1n) is 10.7. The normalized spacial score (nSPS) is 12.2. The van der Waals surface area contributed by atoms with Gasteiger partial charge in [-0.15, -0.1) is 0 Å². The molecular weight excluding hydrogens is 438 g/mol. The van der Waals surface area contributed by atoms with Gasteiger partial charge in [-0.25, -0.2) is 14.8 Å². The van der Waals surface area contributed by atoms with Crippen LogP contribution in [-0.2, 0) is 20.1 Å². The molecule has 1 N–H and O–H groups in total. The average Bonchev–Trinajstić information content (AvgIpc) is 3.17. The maximum atomic E-state index is 12.8. The van der Waals surface area contributed by atoms with Crippen LogP contribution in [0.1, 0.15) is 18.2 Å². The molecule has 33 heavy (non-hydrogen) atoms. The molecule has 4 rings (SSSR count). The van der Waals surface area contributed by atoms with Crippen LogP contribution in [0.5, 0.6) is 0 Å². The van der Waals surface area contributed by atoms with E-state index in [0.717, 1.165) is 22.2 Å². The number of hydrogen-bond acceptors (Lipinski definition) is 7. The Labute approximate surface area is 195 Å². The Bertz CT molecular complexity index is 1380. The summed E-state index contributed by atoms with van der Waals surface area (Å²) < 4.78 is 3.30. The van der Waals surface area contributed by atoms with Crippen LogP contribution in [0.3, 0.4) is 0 Å². The number of nitrogens with zero attached hydrogens (tertiary/aromatic N) is 6. The molecule has 0 amide bonds. The van der Waals surface area contributed by atoms with Crippen LogP contribution in [0.25, 0.3) is 11.2 Å². The van der Waals surface area contributed by atoms with Crippen molar-refractivity contribution in [2.45, 2.75) is 32.1 Å². The summed E-state index contributed by atoms with van der Waals surface area (Å²) in [5.41, 5.74) is 1.92. The highest BCUT2D eigenvalue weighted by Crippen LogP contribution is 2.24. The molecule has 0 unspecified atom stereocenters. The van der Waals surface area contributed by atoms with Gasteiger partial charge in [0, 0.05) is 44.8 Å². The second-order valence-corrected chi connectivity index (χ2v) is 9.24. The number of hydrogen-bond donors (Lipinski definition) is 1. The third-order valence-electron chi connectivity index (χ3n) is 5.35. The number of aromatic nitrogens is 6. The highest BCUT2D eigenvalue weighted by Gasteiger charge is 2.21. The van der Waals surface area contributed by atoms with Crippen LogP contribution in [-0.4, -0.2) is 41.9 Å². The average molecular weight is 466 g/mol. The van der Waals surface area contributed by atoms with E-state index < -0.39 is 11.2 Å². The minimum absolute atomic E-state index is 0.192. The van der Waals surface area contributed by atoms with E-state index in [1.54, 1.807) is 25.0 Å². The van der Waals surface area contributed by atoms with E-state index in [1.165, 1.54) is 4.57 Å². The summed E-state index contributed by atoms with van der Waals surface area (Å²) in [4.78, 5) is 42.9. The zero-order valence-electron chi connectivity index (χ0n) is 19.1. The molecule has 3 aromatic heterocycles. The summed E-state index contributed by atoms with van der Waals surface area (Å²) in [5, 5.41) is 0.735. The van der Waals surface area contributed by atoms with Gasteiger partial charge in [-0.1, -0.05) is 49.0 Å². The fourth-order valence-electron chi connectivity index (χ4n) is 3.69. The lowest BCUT2D eigenvalue weighted by atomic mass is 10.2. The van der Waals surface area contributed by atoms with Crippen LogP contribution in [0.15, 0.2) is 57.3 Å². The first kappa shape index (κ1) is 22.8. The Hall–Kier alpha value is -3.40. The number of anilines is 1. The van der Waals surface area contributed by atoms with E-state index in [9.17, 15) is 9.59 Å². The molecule has 0 fully saturated rings. The SMILES string of the molecule is Cc1ccnc(SC[C@H](C)Cn2c(N(C)Cc3ccccc3)nc3c2c(=O)[nH]c(=O)n3C)n1. The maximum absolute atomic E-state index is 12.8. The Morgan fingerprint density at radius 1 is 1.15 bits per heavy atom. The predicted molar refractivity (Wildman–Crippen MR) is 131 cm³/mol. The van der Waals surface area contributed by atoms with E-state index in [4.69, 9.17) is 4.98 Å². The second kappa shape index (κ2) is 9.62. The monoisotopic (exact) mass is 465 g/mol. The number of aromatic amines is 1. The molecule has 0 spiro atoms. The van der Waals surface area contributed by atoms with Gasteiger partial charge < -0.3 is 9.47 Å². The molecule has 1 atom stereocenters. The van der Waals surface area contributed by atoms with Crippen molar-refractivity contribution in [3.63, 3.8) is 0 Å². The molecule has 0 saturated carbocycles. The van der Waals surface area contributed by atoms with Gasteiger partial charge in [0.2, 0.25) is 5.95 Å². The van der Waals surface area contributed by atoms with Gasteiger partial charge in [0.05, 0.1) is 0 Å². The summed E-state index contributed by atoms with van der Waals surface area (Å²) in [6.07, 6.45) is 1.76. The number of rotatable bonds is 8. The summed E-state index contributed by atoms with van der Waals surface area (Å²) >= 11 is 1.59. The zero-order valence-corrected chi connectivity index (χ0v) is 20.0. The summed E-state index contributed by atoms with van der Waals surface area (Å²) in [5.74, 6) is 1.61. The number of H-pyrrole nitrogens is 1. The van der Waals surface area contributed by atoms with Crippen molar-refractivity contribution in [2.24, 2.45) is 13.0 Å². The Kier molecular flexibility index (Phi) is 6.64. The molecule has 10 heteroatoms. The van der Waals surface area contributed by atoms with Crippen LogP contribution < -0.4 is 16.1 Å². The minimum Gasteiger partial charge on any atom is -0.341 e. The Balaban J connectivity index is 1.67. The van der Waals surface area contributed by atoms with Gasteiger partial charge >= 0.3 is 5.69 Å². The summed E-state index contributed by atoms with van der Waals surface area (Å²) in [6, 6.07) is 11.9. The molecule has 0 saturated heterocycles. The van der Waals surface area contributed by atoms with Crippen LogP contribution in [0.2, 0.25) is 0 Å². The number of fused-ring (bicyclic) bond motifs is 1. The van der Waals surface area contributed by atoms with Gasteiger partial charge in [-0.2, -0.15) is 4.98 Å². The van der Waals surface area contributed by atoms with Crippen LogP contribution >= 0.6 is 11.8 Å². The molecule has 0 aliphatic heterocycles. The topological polar surface area (TPSA) is 102 Å². The van der Waals surface area contributed by atoms with Gasteiger partial charge in [0.25, 0.3) is 5.56 Å². The van der Waals surface area contributed by atoms with Crippen LogP contribution in [0, 0.1) is 12.8 Å². The molecule has 4 aromatic rings. The number of nitrogens with one attached hydrogen (secondary N) is 1. The third kappa shape index (κ3) is 5.00. The lowest BCUT2D eigenvalue weighted by molar-refractivity contribution is 0.536. The van der Waals surface area contributed by atoms with Gasteiger partial charge in [0.15, 0.2) is 16.3 Å². The fraction of sp³-hybridized carbons (Fsp3) is 0.348. The first-order chi connectivity index (χ1) is 15.8. The van der Waals surface area contributed by atoms with Crippen molar-refractivity contribution in [2.75, 3.05) is 17.7 Å². The predicted octanol–water partition coefficient (Wildman–Crippen LogP) is 2.59. The number of imidazole rings is 1. The van der Waals surface area contributed by atoms with Crippen molar-refractivity contribution in [1.82, 2.24) is 29.1 Å². The third-order valence-corrected chi connectivity index (χ3v) is 6.55. The molecule has 0 radical (unpaired) electrons. The molecule has 0 bridgehead atoms. The summed E-state index contributed by atoms with van der Waals surface area (Å²) in [6.45, 7) is 5.24. The quantitative estimate of drug-likeness (QED) is 0.315. The highest BCUT2D eigenvalue weighted by atomic mass is 32.2. The van der Waals surface area contributed by atoms with Gasteiger partial charge in [-0.3, -0.25) is 14.3 Å². The largest absolute Gasteiger partial charge is 0.341 e. The van der Waals surface area contributed by atoms with E-state index >= 15 is 0 Å². The number of benzene rings is 1. The molecule has 3 heterocycles. The van der Waals surface area contributed by atoms with E-state index in [2.05, 4.69) is 21.9 Å². The van der Waals surface area contributed by atoms with Crippen molar-refractivity contribution >= 4 is 28.9 Å². The fourth-order valence-corrected chi connectivity index (χ4v) is 4.57. The zero-order chi connectivity index (χ0) is 23.5. The summed E-state index contributed by atoms with van der Waals surface area (Å²) in [7, 11) is 3.56. The number of aryl methyl sites for hydroxylation is 2. The van der Waals surface area contributed by atoms with E-state index in [1.807, 2.05) is 59.8 Å². The van der Waals surface area contributed by atoms with E-state index in [-0.39, 0.29) is 5.92 Å². The van der Waals surface area contributed by atoms with Crippen molar-refractivity contribution in [3.8, 4) is 0 Å². The lowest BCUT2D eigenvalue weighted by Crippen LogP contribution is -2.30. The molecule has 0 aliphatic rings. The Morgan fingerprint density at radius 2 is 1.91 bits per heavy atom. The maximum Gasteiger partial charge on any atom is 0.329 e. The van der Waals surface area contributed by atoms with Gasteiger partial charge in [0.1, 0.15) is 0 Å². The molecule has 172 valence electrons. The molecule has 9 nitrogen and oxygen atoms in total.